The minimum Gasteiger partial charge on any atom is -0.480 e. The predicted octanol–water partition coefficient (Wildman–Crippen LogP) is 1.41. The van der Waals surface area contributed by atoms with Crippen LogP contribution in [0, 0.1) is 5.82 Å². The molecule has 7 heteroatoms. The summed E-state index contributed by atoms with van der Waals surface area (Å²) in [5.74, 6) is -1.72. The molecular weight excluding hydrogens is 299 g/mol. The number of carbonyl (C=O) groups is 2. The van der Waals surface area contributed by atoms with Crippen molar-refractivity contribution in [2.75, 3.05) is 13.1 Å². The van der Waals surface area contributed by atoms with Crippen LogP contribution in [0.3, 0.4) is 0 Å². The van der Waals surface area contributed by atoms with Crippen LogP contribution < -0.4 is 5.32 Å². The normalized spacial score (nSPS) is 13.6. The van der Waals surface area contributed by atoms with E-state index in [1.54, 1.807) is 18.2 Å². The van der Waals surface area contributed by atoms with Crippen LogP contribution in [0.15, 0.2) is 24.3 Å². The van der Waals surface area contributed by atoms with Crippen LogP contribution in [0.25, 0.3) is 0 Å². The Morgan fingerprint density at radius 3 is 2.57 bits per heavy atom. The van der Waals surface area contributed by atoms with E-state index < -0.39 is 12.5 Å². The summed E-state index contributed by atoms with van der Waals surface area (Å²) < 4.78 is 13.6. The first-order chi connectivity index (χ1) is 9.56. The number of hydrogen-bond acceptors (Lipinski definition) is 3. The predicted molar refractivity (Wildman–Crippen MR) is 77.7 cm³/mol. The van der Waals surface area contributed by atoms with E-state index in [0.717, 1.165) is 12.8 Å². The van der Waals surface area contributed by atoms with Crippen LogP contribution in [0.1, 0.15) is 18.4 Å². The summed E-state index contributed by atoms with van der Waals surface area (Å²) in [6, 6.07) is 6.75. The molecule has 1 aliphatic carbocycles. The second kappa shape index (κ2) is 7.95. The lowest BCUT2D eigenvalue weighted by Gasteiger charge is -2.21. The lowest BCUT2D eigenvalue weighted by atomic mass is 10.2. The molecule has 0 atom stereocenters. The molecule has 0 saturated heterocycles. The number of hydrogen-bond donors (Lipinski definition) is 2. The highest BCUT2D eigenvalue weighted by molar-refractivity contribution is 5.85. The number of carboxylic acids is 1. The van der Waals surface area contributed by atoms with Crippen molar-refractivity contribution in [2.24, 2.45) is 0 Å². The third kappa shape index (κ3) is 5.69. The molecule has 1 aliphatic rings. The fraction of sp³-hybridized carbons (Fsp3) is 0.429. The van der Waals surface area contributed by atoms with Gasteiger partial charge in [-0.15, -0.1) is 12.4 Å². The van der Waals surface area contributed by atoms with Gasteiger partial charge in [-0.2, -0.15) is 0 Å². The van der Waals surface area contributed by atoms with Gasteiger partial charge in [0, 0.05) is 18.2 Å². The summed E-state index contributed by atoms with van der Waals surface area (Å²) in [5.41, 5.74) is 0.547. The maximum absolute atomic E-state index is 13.6. The third-order valence-corrected chi connectivity index (χ3v) is 3.18. The van der Waals surface area contributed by atoms with Crippen LogP contribution in [0.4, 0.5) is 4.39 Å². The van der Waals surface area contributed by atoms with E-state index in [1.807, 2.05) is 4.90 Å². The van der Waals surface area contributed by atoms with E-state index in [9.17, 15) is 14.0 Å². The number of carbonyl (C=O) groups excluding carboxylic acids is 1. The van der Waals surface area contributed by atoms with Crippen LogP contribution in [0.2, 0.25) is 0 Å². The van der Waals surface area contributed by atoms with Crippen molar-refractivity contribution in [1.82, 2.24) is 10.2 Å². The highest BCUT2D eigenvalue weighted by Gasteiger charge is 2.30. The van der Waals surface area contributed by atoms with Crippen molar-refractivity contribution in [3.05, 3.63) is 35.6 Å². The standard InChI is InChI=1S/C14H17FN2O3.ClH/c15-12-4-2-1-3-10(12)8-17(11-5-6-11)9-13(18)16-7-14(19)20;/h1-4,11H,5-9H2,(H,16,18)(H,19,20);1H. The largest absolute Gasteiger partial charge is 0.480 e. The van der Waals surface area contributed by atoms with E-state index in [-0.39, 0.29) is 36.7 Å². The SMILES string of the molecule is Cl.O=C(O)CNC(=O)CN(Cc1ccccc1F)C1CC1. The maximum Gasteiger partial charge on any atom is 0.322 e. The quantitative estimate of drug-likeness (QED) is 0.798. The van der Waals surface area contributed by atoms with Crippen LogP contribution in [0.5, 0.6) is 0 Å². The van der Waals surface area contributed by atoms with E-state index in [2.05, 4.69) is 5.32 Å². The Bertz CT molecular complexity index is 509. The molecule has 21 heavy (non-hydrogen) atoms. The Balaban J connectivity index is 0.00000220. The molecule has 1 amide bonds. The van der Waals surface area contributed by atoms with Gasteiger partial charge in [0.15, 0.2) is 0 Å². The average molecular weight is 317 g/mol. The number of carboxylic acid groups (broad SMARTS) is 1. The second-order valence-electron chi connectivity index (χ2n) is 4.90. The smallest absolute Gasteiger partial charge is 0.322 e. The number of nitrogens with zero attached hydrogens (tertiary/aromatic N) is 1. The van der Waals surface area contributed by atoms with Crippen LogP contribution in [-0.4, -0.2) is 41.0 Å². The number of nitrogens with one attached hydrogen (secondary N) is 1. The summed E-state index contributed by atoms with van der Waals surface area (Å²) in [6.45, 7) is 0.0567. The van der Waals surface area contributed by atoms with Gasteiger partial charge in [-0.05, 0) is 18.9 Å². The van der Waals surface area contributed by atoms with Crippen LogP contribution >= 0.6 is 12.4 Å². The van der Waals surface area contributed by atoms with Gasteiger partial charge < -0.3 is 10.4 Å². The number of rotatable bonds is 7. The van der Waals surface area contributed by atoms with E-state index >= 15 is 0 Å². The molecular formula is C14H18ClFN2O3. The molecule has 1 aromatic rings. The van der Waals surface area contributed by atoms with Gasteiger partial charge in [-0.3, -0.25) is 14.5 Å². The summed E-state index contributed by atoms with van der Waals surface area (Å²) in [6.07, 6.45) is 1.97. The molecule has 0 aromatic heterocycles. The summed E-state index contributed by atoms with van der Waals surface area (Å²) >= 11 is 0. The van der Waals surface area contributed by atoms with Gasteiger partial charge in [-0.1, -0.05) is 18.2 Å². The first-order valence-electron chi connectivity index (χ1n) is 6.52. The zero-order valence-electron chi connectivity index (χ0n) is 11.4. The highest BCUT2D eigenvalue weighted by atomic mass is 35.5. The van der Waals surface area contributed by atoms with Crippen molar-refractivity contribution < 1.29 is 19.1 Å². The third-order valence-electron chi connectivity index (χ3n) is 3.18. The van der Waals surface area contributed by atoms with Gasteiger partial charge in [0.2, 0.25) is 5.91 Å². The lowest BCUT2D eigenvalue weighted by Crippen LogP contribution is -2.40. The van der Waals surface area contributed by atoms with Crippen molar-refractivity contribution >= 4 is 24.3 Å². The molecule has 2 rings (SSSR count). The molecule has 0 spiro atoms. The molecule has 1 aromatic carbocycles. The molecule has 0 bridgehead atoms. The number of halogens is 2. The van der Waals surface area contributed by atoms with E-state index in [1.165, 1.54) is 6.07 Å². The minimum absolute atomic E-state index is 0. The van der Waals surface area contributed by atoms with Gasteiger partial charge in [0.05, 0.1) is 6.54 Å². The average Bonchev–Trinajstić information content (AvgIpc) is 3.22. The zero-order chi connectivity index (χ0) is 14.5. The molecule has 0 heterocycles. The minimum atomic E-state index is -1.08. The second-order valence-corrected chi connectivity index (χ2v) is 4.90. The van der Waals surface area contributed by atoms with Crippen molar-refractivity contribution in [3.8, 4) is 0 Å². The molecule has 0 unspecified atom stereocenters. The fourth-order valence-electron chi connectivity index (χ4n) is 2.01. The Kier molecular flexibility index (Phi) is 6.58. The van der Waals surface area contributed by atoms with Crippen molar-refractivity contribution in [2.45, 2.75) is 25.4 Å². The van der Waals surface area contributed by atoms with Crippen molar-refractivity contribution in [3.63, 3.8) is 0 Å². The van der Waals surface area contributed by atoms with Crippen molar-refractivity contribution in [1.29, 1.82) is 0 Å². The highest BCUT2D eigenvalue weighted by Crippen LogP contribution is 2.28. The Hall–Kier alpha value is -1.66. The first-order valence-corrected chi connectivity index (χ1v) is 6.52. The molecule has 2 N–H and O–H groups in total. The topological polar surface area (TPSA) is 69.6 Å². The number of amides is 1. The molecule has 0 aliphatic heterocycles. The molecule has 1 saturated carbocycles. The van der Waals surface area contributed by atoms with Gasteiger partial charge in [0.1, 0.15) is 12.4 Å². The zero-order valence-corrected chi connectivity index (χ0v) is 12.2. The molecule has 5 nitrogen and oxygen atoms in total. The molecule has 1 fully saturated rings. The molecule has 116 valence electrons. The van der Waals surface area contributed by atoms with E-state index in [4.69, 9.17) is 5.11 Å². The Labute approximate surface area is 128 Å². The monoisotopic (exact) mass is 316 g/mol. The van der Waals surface area contributed by atoms with E-state index in [0.29, 0.717) is 12.1 Å². The summed E-state index contributed by atoms with van der Waals surface area (Å²) in [7, 11) is 0. The van der Waals surface area contributed by atoms with Gasteiger partial charge >= 0.3 is 5.97 Å². The summed E-state index contributed by atoms with van der Waals surface area (Å²) in [4.78, 5) is 23.9. The molecule has 0 radical (unpaired) electrons. The maximum atomic E-state index is 13.6. The Morgan fingerprint density at radius 1 is 1.33 bits per heavy atom. The fourth-order valence-corrected chi connectivity index (χ4v) is 2.01. The first kappa shape index (κ1) is 17.4. The van der Waals surface area contributed by atoms with Crippen LogP contribution in [-0.2, 0) is 16.1 Å². The lowest BCUT2D eigenvalue weighted by molar-refractivity contribution is -0.138. The van der Waals surface area contributed by atoms with Gasteiger partial charge in [-0.25, -0.2) is 4.39 Å². The Morgan fingerprint density at radius 2 is 2.00 bits per heavy atom. The number of benzene rings is 1. The number of aliphatic carboxylic acids is 1. The summed E-state index contributed by atoms with van der Waals surface area (Å²) in [5, 5.41) is 10.8. The van der Waals surface area contributed by atoms with Gasteiger partial charge in [0.25, 0.3) is 0 Å².